The van der Waals surface area contributed by atoms with Gasteiger partial charge in [-0.1, -0.05) is 56.3 Å². The largest absolute Gasteiger partial charge is 0.493 e. The summed E-state index contributed by atoms with van der Waals surface area (Å²) < 4.78 is 22.9. The Balaban J connectivity index is 1.54. The van der Waals surface area contributed by atoms with Gasteiger partial charge in [0, 0.05) is 35.8 Å². The zero-order valence-electron chi connectivity index (χ0n) is 30.2. The summed E-state index contributed by atoms with van der Waals surface area (Å²) in [6.45, 7) is 5.49. The molecule has 0 aliphatic carbocycles. The van der Waals surface area contributed by atoms with E-state index in [1.165, 1.54) is 11.0 Å². The van der Waals surface area contributed by atoms with E-state index in [1.54, 1.807) is 73.7 Å². The zero-order chi connectivity index (χ0) is 38.4. The Bertz CT molecular complexity index is 2250. The number of hydrogen-bond acceptors (Lipinski definition) is 11. The highest BCUT2D eigenvalue weighted by atomic mass is 16.6. The highest BCUT2D eigenvalue weighted by Crippen LogP contribution is 2.43. The molecule has 0 fully saturated rings. The highest BCUT2D eigenvalue weighted by Gasteiger charge is 2.48. The topological polar surface area (TPSA) is 175 Å². The van der Waals surface area contributed by atoms with E-state index in [0.29, 0.717) is 34.3 Å². The molecule has 13 heteroatoms. The number of para-hydroxylation sites is 2. The number of carbonyl (C=O) groups is 4. The number of aliphatic hydroxyl groups is 1. The van der Waals surface area contributed by atoms with Gasteiger partial charge in [0.25, 0.3) is 5.91 Å². The number of amides is 2. The normalized spacial score (nSPS) is 16.5. The molecule has 13 nitrogen and oxygen atoms in total. The third kappa shape index (κ3) is 8.26. The number of hydrogen-bond donors (Lipinski definition) is 2. The number of fused-ring (bicyclic) bond motifs is 3. The van der Waals surface area contributed by atoms with Gasteiger partial charge in [0.05, 0.1) is 42.9 Å². The molecule has 0 saturated carbocycles. The molecule has 3 atom stereocenters. The molecule has 6 rings (SSSR count). The van der Waals surface area contributed by atoms with Crippen LogP contribution in [0.4, 0.5) is 5.69 Å². The summed E-state index contributed by atoms with van der Waals surface area (Å²) in [7, 11) is 0. The van der Waals surface area contributed by atoms with Crippen LogP contribution in [0, 0.1) is 5.92 Å². The summed E-state index contributed by atoms with van der Waals surface area (Å²) in [6, 6.07) is 21.1. The Morgan fingerprint density at radius 2 is 1.72 bits per heavy atom. The summed E-state index contributed by atoms with van der Waals surface area (Å²) in [5.74, 6) is -2.49. The molecule has 0 radical (unpaired) electrons. The predicted molar refractivity (Wildman–Crippen MR) is 199 cm³/mol. The minimum Gasteiger partial charge on any atom is -0.493 e. The van der Waals surface area contributed by atoms with E-state index in [0.717, 1.165) is 5.39 Å². The minimum atomic E-state index is -1.45. The summed E-state index contributed by atoms with van der Waals surface area (Å²) in [5, 5.41) is 13.6. The van der Waals surface area contributed by atoms with Crippen LogP contribution in [0.15, 0.2) is 94.1 Å². The Kier molecular flexibility index (Phi) is 11.7. The fourth-order valence-electron chi connectivity index (χ4n) is 6.54. The molecule has 0 saturated heterocycles. The van der Waals surface area contributed by atoms with E-state index >= 15 is 0 Å². The maximum atomic E-state index is 14.8. The molecule has 280 valence electrons. The molecule has 1 aliphatic heterocycles. The van der Waals surface area contributed by atoms with E-state index in [1.807, 2.05) is 26.0 Å². The standard InChI is InChI=1S/C41H41N3O10/c1-4-51-36(47)23-33-38(54-41(50)29-21-26-11-6-8-13-34(26)53-40(29)49)37(43-35(46)20-24(2)3)28-22-27(52-19-9-18-45)15-17-32(28)44(33)39(48)31-16-14-25-10-5-7-12-30(25)42-31/h5-8,10-17,21-22,24,33,37-38,45H,4,9,18-20,23H2,1-3H3,(H,43,46)/t33-,37-,38-/m0/s1. The first-order valence-electron chi connectivity index (χ1n) is 17.8. The van der Waals surface area contributed by atoms with E-state index in [-0.39, 0.29) is 49.3 Å². The van der Waals surface area contributed by atoms with Crippen LogP contribution in [-0.2, 0) is 19.1 Å². The number of carbonyl (C=O) groups excluding carboxylic acids is 4. The second-order valence-corrected chi connectivity index (χ2v) is 13.3. The molecule has 2 N–H and O–H groups in total. The first kappa shape index (κ1) is 37.7. The van der Waals surface area contributed by atoms with Crippen molar-refractivity contribution in [2.24, 2.45) is 5.92 Å². The lowest BCUT2D eigenvalue weighted by molar-refractivity contribution is -0.144. The smallest absolute Gasteiger partial charge is 0.351 e. The number of nitrogens with zero attached hydrogens (tertiary/aromatic N) is 2. The molecular weight excluding hydrogens is 694 g/mol. The number of aliphatic hydroxyl groups excluding tert-OH is 1. The number of nitrogens with one attached hydrogen (secondary N) is 1. The van der Waals surface area contributed by atoms with Crippen molar-refractivity contribution in [3.8, 4) is 5.75 Å². The molecule has 5 aromatic rings. The maximum Gasteiger partial charge on any atom is 0.351 e. The summed E-state index contributed by atoms with van der Waals surface area (Å²) >= 11 is 0. The average Bonchev–Trinajstić information content (AvgIpc) is 3.15. The first-order valence-corrected chi connectivity index (χ1v) is 17.8. The predicted octanol–water partition coefficient (Wildman–Crippen LogP) is 5.51. The van der Waals surface area contributed by atoms with Crippen LogP contribution < -0.4 is 20.6 Å². The van der Waals surface area contributed by atoms with Crippen LogP contribution in [0.1, 0.15) is 72.5 Å². The number of rotatable bonds is 13. The van der Waals surface area contributed by atoms with Crippen LogP contribution in [0.25, 0.3) is 21.9 Å². The zero-order valence-corrected chi connectivity index (χ0v) is 30.2. The van der Waals surface area contributed by atoms with Gasteiger partial charge in [-0.05, 0) is 55.3 Å². The Hall–Kier alpha value is -6.08. The van der Waals surface area contributed by atoms with Crippen molar-refractivity contribution in [3.63, 3.8) is 0 Å². The number of pyridine rings is 1. The van der Waals surface area contributed by atoms with Gasteiger partial charge in [0.15, 0.2) is 0 Å². The summed E-state index contributed by atoms with van der Waals surface area (Å²) in [5.41, 5.74) is 0.122. The Morgan fingerprint density at radius 1 is 0.963 bits per heavy atom. The molecule has 0 bridgehead atoms. The molecule has 0 spiro atoms. The van der Waals surface area contributed by atoms with Gasteiger partial charge in [-0.25, -0.2) is 14.6 Å². The van der Waals surface area contributed by atoms with E-state index in [9.17, 15) is 29.1 Å². The summed E-state index contributed by atoms with van der Waals surface area (Å²) in [6.07, 6.45) is -1.45. The van der Waals surface area contributed by atoms with Gasteiger partial charge in [-0.3, -0.25) is 19.3 Å². The third-order valence-electron chi connectivity index (χ3n) is 8.94. The monoisotopic (exact) mass is 735 g/mol. The van der Waals surface area contributed by atoms with Gasteiger partial charge in [-0.2, -0.15) is 0 Å². The number of ether oxygens (including phenoxy) is 3. The molecule has 3 aromatic carbocycles. The fraction of sp³-hybridized carbons (Fsp3) is 0.317. The lowest BCUT2D eigenvalue weighted by Crippen LogP contribution is -2.58. The number of esters is 2. The molecule has 2 amide bonds. The second-order valence-electron chi connectivity index (χ2n) is 13.3. The quantitative estimate of drug-likeness (QED) is 0.0886. The third-order valence-corrected chi connectivity index (χ3v) is 8.94. The van der Waals surface area contributed by atoms with Crippen LogP contribution in [0.2, 0.25) is 0 Å². The average molecular weight is 736 g/mol. The van der Waals surface area contributed by atoms with Crippen molar-refractivity contribution in [3.05, 3.63) is 112 Å². The van der Waals surface area contributed by atoms with Crippen molar-refractivity contribution in [1.29, 1.82) is 0 Å². The molecular formula is C41H41N3O10. The number of aromatic nitrogens is 1. The van der Waals surface area contributed by atoms with Crippen LogP contribution in [-0.4, -0.2) is 65.8 Å². The fourth-order valence-corrected chi connectivity index (χ4v) is 6.54. The van der Waals surface area contributed by atoms with Gasteiger partial charge in [-0.15, -0.1) is 0 Å². The number of anilines is 1. The molecule has 54 heavy (non-hydrogen) atoms. The molecule has 1 aliphatic rings. The van der Waals surface area contributed by atoms with E-state index in [2.05, 4.69) is 10.3 Å². The SMILES string of the molecule is CCOC(=O)C[C@H]1[C@H](OC(=O)c2cc3ccccc3oc2=O)[C@@H](NC(=O)CC(C)C)c2cc(OCCCO)ccc2N1C(=O)c1ccc2ccccc2n1. The van der Waals surface area contributed by atoms with Crippen LogP contribution in [0.5, 0.6) is 5.75 Å². The van der Waals surface area contributed by atoms with Crippen molar-refractivity contribution in [2.75, 3.05) is 24.7 Å². The van der Waals surface area contributed by atoms with Crippen molar-refractivity contribution < 1.29 is 42.9 Å². The lowest BCUT2D eigenvalue weighted by Gasteiger charge is -2.45. The Labute approximate surface area is 310 Å². The minimum absolute atomic E-state index is 0.0357. The second kappa shape index (κ2) is 16.7. The number of benzene rings is 3. The van der Waals surface area contributed by atoms with E-state index in [4.69, 9.17) is 18.6 Å². The maximum absolute atomic E-state index is 14.8. The van der Waals surface area contributed by atoms with E-state index < -0.39 is 53.6 Å². The van der Waals surface area contributed by atoms with Crippen LogP contribution >= 0.6 is 0 Å². The van der Waals surface area contributed by atoms with Crippen molar-refractivity contribution in [1.82, 2.24) is 10.3 Å². The van der Waals surface area contributed by atoms with Crippen LogP contribution in [0.3, 0.4) is 0 Å². The van der Waals surface area contributed by atoms with Gasteiger partial charge < -0.3 is 29.1 Å². The van der Waals surface area contributed by atoms with Gasteiger partial charge in [0.1, 0.15) is 28.7 Å². The lowest BCUT2D eigenvalue weighted by atomic mass is 9.85. The van der Waals surface area contributed by atoms with Gasteiger partial charge in [0.2, 0.25) is 5.91 Å². The van der Waals surface area contributed by atoms with Crippen molar-refractivity contribution in [2.45, 2.75) is 58.2 Å². The molecule has 2 aromatic heterocycles. The molecule has 3 heterocycles. The van der Waals surface area contributed by atoms with Crippen molar-refractivity contribution >= 4 is 51.3 Å². The van der Waals surface area contributed by atoms with Gasteiger partial charge >= 0.3 is 17.6 Å². The highest BCUT2D eigenvalue weighted by molar-refractivity contribution is 6.08. The first-order chi connectivity index (χ1) is 26.1. The Morgan fingerprint density at radius 3 is 2.48 bits per heavy atom. The molecule has 0 unspecified atom stereocenters. The summed E-state index contributed by atoms with van der Waals surface area (Å²) in [4.78, 5) is 74.9.